The zero-order chi connectivity index (χ0) is 28.4. The molecule has 2 aromatic carbocycles. The number of hydrogen-bond acceptors (Lipinski definition) is 7. The first-order valence-corrected chi connectivity index (χ1v) is 14.3. The van der Waals surface area contributed by atoms with Gasteiger partial charge in [-0.15, -0.1) is 11.3 Å². The summed E-state index contributed by atoms with van der Waals surface area (Å²) in [5.74, 6) is -5.37. The molecular formula is C30H24F3N3O4S. The van der Waals surface area contributed by atoms with Gasteiger partial charge < -0.3 is 19.8 Å². The lowest BCUT2D eigenvalue weighted by molar-refractivity contribution is -0.199. The summed E-state index contributed by atoms with van der Waals surface area (Å²) >= 11 is 1.36. The van der Waals surface area contributed by atoms with Crippen molar-refractivity contribution in [2.45, 2.75) is 43.7 Å². The van der Waals surface area contributed by atoms with E-state index in [0.29, 0.717) is 16.7 Å². The van der Waals surface area contributed by atoms with Crippen molar-refractivity contribution in [3.05, 3.63) is 93.6 Å². The highest BCUT2D eigenvalue weighted by Crippen LogP contribution is 2.58. The fourth-order valence-electron chi connectivity index (χ4n) is 6.96. The van der Waals surface area contributed by atoms with Crippen molar-refractivity contribution in [2.75, 3.05) is 13.2 Å². The third-order valence-corrected chi connectivity index (χ3v) is 9.73. The Kier molecular flexibility index (Phi) is 5.17. The Morgan fingerprint density at radius 3 is 2.76 bits per heavy atom. The SMILES string of the molecule is CC1CN2C(=O)C3=C(O)C(O)C=CN3N([C@@H]3c4ccccc4-c4scc5c4-c4c3ccc(F)c4C(F)(F)C5)[C@@H]2CO1. The lowest BCUT2D eigenvalue weighted by Gasteiger charge is -2.55. The van der Waals surface area contributed by atoms with Crippen LogP contribution in [0.1, 0.15) is 35.2 Å². The maximum atomic E-state index is 15.7. The van der Waals surface area contributed by atoms with Gasteiger partial charge in [0.25, 0.3) is 11.8 Å². The van der Waals surface area contributed by atoms with Crippen molar-refractivity contribution in [3.63, 3.8) is 0 Å². The van der Waals surface area contributed by atoms with E-state index in [1.807, 2.05) is 36.2 Å². The average Bonchev–Trinajstić information content (AvgIpc) is 3.30. The van der Waals surface area contributed by atoms with Crippen LogP contribution in [0, 0.1) is 5.82 Å². The Morgan fingerprint density at radius 1 is 1.12 bits per heavy atom. The molecule has 8 rings (SSSR count). The van der Waals surface area contributed by atoms with Gasteiger partial charge in [-0.2, -0.15) is 5.01 Å². The average molecular weight is 580 g/mol. The van der Waals surface area contributed by atoms with Gasteiger partial charge in [0.05, 0.1) is 24.3 Å². The van der Waals surface area contributed by atoms with Crippen LogP contribution >= 0.6 is 11.3 Å². The van der Waals surface area contributed by atoms with Gasteiger partial charge >= 0.3 is 0 Å². The number of alkyl halides is 2. The normalized spacial score (nSPS) is 27.7. The summed E-state index contributed by atoms with van der Waals surface area (Å²) in [5, 5.41) is 26.4. The first-order chi connectivity index (χ1) is 19.7. The van der Waals surface area contributed by atoms with Gasteiger partial charge in [0.2, 0.25) is 0 Å². The van der Waals surface area contributed by atoms with E-state index in [4.69, 9.17) is 4.74 Å². The van der Waals surface area contributed by atoms with E-state index in [-0.39, 0.29) is 30.5 Å². The Hall–Kier alpha value is -3.64. The summed E-state index contributed by atoms with van der Waals surface area (Å²) in [6.45, 7) is 2.16. The molecule has 5 aliphatic rings. The van der Waals surface area contributed by atoms with Gasteiger partial charge in [-0.1, -0.05) is 30.3 Å². The molecule has 2 saturated heterocycles. The van der Waals surface area contributed by atoms with E-state index < -0.39 is 53.7 Å². The molecule has 1 amide bonds. The Labute approximate surface area is 236 Å². The number of aliphatic hydroxyl groups is 2. The number of rotatable bonds is 1. The highest BCUT2D eigenvalue weighted by Gasteiger charge is 2.53. The van der Waals surface area contributed by atoms with Crippen LogP contribution in [0.5, 0.6) is 0 Å². The van der Waals surface area contributed by atoms with E-state index in [1.165, 1.54) is 28.6 Å². The van der Waals surface area contributed by atoms with Crippen LogP contribution in [0.2, 0.25) is 0 Å². The van der Waals surface area contributed by atoms with Crippen LogP contribution in [0.25, 0.3) is 21.6 Å². The minimum absolute atomic E-state index is 0.110. The number of halogens is 3. The van der Waals surface area contributed by atoms with Gasteiger partial charge in [-0.25, -0.2) is 13.2 Å². The van der Waals surface area contributed by atoms with Crippen LogP contribution < -0.4 is 0 Å². The van der Waals surface area contributed by atoms with Crippen molar-refractivity contribution >= 4 is 17.2 Å². The number of benzene rings is 2. The number of carbonyl (C=O) groups is 1. The van der Waals surface area contributed by atoms with Gasteiger partial charge in [0, 0.05) is 35.2 Å². The number of amides is 1. The Bertz CT molecular complexity index is 1720. The molecule has 3 aromatic rings. The molecular weight excluding hydrogens is 555 g/mol. The second-order valence-corrected chi connectivity index (χ2v) is 11.9. The van der Waals surface area contributed by atoms with E-state index >= 15 is 13.2 Å². The Balaban J connectivity index is 1.45. The van der Waals surface area contributed by atoms with Crippen molar-refractivity contribution in [1.29, 1.82) is 0 Å². The maximum Gasteiger partial charge on any atom is 0.280 e. The zero-order valence-electron chi connectivity index (χ0n) is 21.7. The van der Waals surface area contributed by atoms with Gasteiger partial charge in [0.1, 0.15) is 18.1 Å². The molecule has 210 valence electrons. The topological polar surface area (TPSA) is 76.5 Å². The molecule has 2 fully saturated rings. The lowest BCUT2D eigenvalue weighted by atomic mass is 9.80. The number of thiophene rings is 1. The fourth-order valence-corrected chi connectivity index (χ4v) is 8.08. The van der Waals surface area contributed by atoms with Gasteiger partial charge in [0.15, 0.2) is 11.5 Å². The second-order valence-electron chi connectivity index (χ2n) is 11.0. The standard InChI is InChI=1S/C30H24F3N3O4S/c1-14-11-34-21(12-40-14)36(35-9-8-20(37)27(38)26(35)29(34)39)25-16-4-2-3-5-17(16)28-22-15(13-41-28)10-30(32,33)24-19(31)7-6-18(25)23(22)24/h2-9,13-14,20-21,25,37-38H,10-12H2,1H3/t14?,20?,21-,25-/m1/s1. The predicted molar refractivity (Wildman–Crippen MR) is 144 cm³/mol. The maximum absolute atomic E-state index is 15.7. The molecule has 0 spiro atoms. The van der Waals surface area contributed by atoms with Crippen molar-refractivity contribution in [2.24, 2.45) is 0 Å². The van der Waals surface area contributed by atoms with Crippen LogP contribution in [0.15, 0.2) is 65.5 Å². The smallest absolute Gasteiger partial charge is 0.280 e. The van der Waals surface area contributed by atoms with Crippen LogP contribution in [-0.2, 0) is 21.9 Å². The summed E-state index contributed by atoms with van der Waals surface area (Å²) < 4.78 is 52.8. The third-order valence-electron chi connectivity index (χ3n) is 8.66. The molecule has 2 aliphatic carbocycles. The van der Waals surface area contributed by atoms with Gasteiger partial charge in [-0.05, 0) is 46.7 Å². The summed E-state index contributed by atoms with van der Waals surface area (Å²) in [5.41, 5.74) is 2.55. The molecule has 1 aromatic heterocycles. The van der Waals surface area contributed by atoms with Crippen molar-refractivity contribution in [3.8, 4) is 21.6 Å². The molecule has 4 atom stereocenters. The van der Waals surface area contributed by atoms with Crippen molar-refractivity contribution < 1.29 is 32.9 Å². The summed E-state index contributed by atoms with van der Waals surface area (Å²) in [7, 11) is 0. The molecule has 7 nitrogen and oxygen atoms in total. The summed E-state index contributed by atoms with van der Waals surface area (Å²) in [4.78, 5) is 16.1. The second kappa shape index (κ2) is 8.45. The number of hydrogen-bond donors (Lipinski definition) is 2. The molecule has 0 radical (unpaired) electrons. The fraction of sp³-hybridized carbons (Fsp3) is 0.300. The van der Waals surface area contributed by atoms with E-state index in [2.05, 4.69) is 0 Å². The molecule has 3 aliphatic heterocycles. The number of fused-ring (bicyclic) bond motifs is 4. The first-order valence-electron chi connectivity index (χ1n) is 13.4. The number of hydrazine groups is 1. The molecule has 2 unspecified atom stereocenters. The quantitative estimate of drug-likeness (QED) is 0.421. The highest BCUT2D eigenvalue weighted by atomic mass is 32.1. The minimum atomic E-state index is -3.42. The molecule has 11 heteroatoms. The van der Waals surface area contributed by atoms with E-state index in [9.17, 15) is 15.0 Å². The number of carbonyl (C=O) groups excluding carboxylic acids is 1. The minimum Gasteiger partial charge on any atom is -0.507 e. The molecule has 0 saturated carbocycles. The molecule has 4 heterocycles. The lowest BCUT2D eigenvalue weighted by Crippen LogP contribution is -2.68. The molecule has 41 heavy (non-hydrogen) atoms. The Morgan fingerprint density at radius 2 is 1.93 bits per heavy atom. The van der Waals surface area contributed by atoms with E-state index in [0.717, 1.165) is 22.1 Å². The molecule has 0 bridgehead atoms. The number of ether oxygens (including phenoxy) is 1. The third kappa shape index (κ3) is 3.28. The monoisotopic (exact) mass is 579 g/mol. The summed E-state index contributed by atoms with van der Waals surface area (Å²) in [6, 6.07) is 9.43. The van der Waals surface area contributed by atoms with E-state index in [1.54, 1.807) is 16.3 Å². The highest BCUT2D eigenvalue weighted by molar-refractivity contribution is 7.14. The number of aliphatic hydroxyl groups excluding tert-OH is 2. The number of morpholine rings is 1. The number of nitrogens with zero attached hydrogens (tertiary/aromatic N) is 3. The zero-order valence-corrected chi connectivity index (χ0v) is 22.5. The van der Waals surface area contributed by atoms with Crippen LogP contribution in [0.4, 0.5) is 13.2 Å². The van der Waals surface area contributed by atoms with Crippen LogP contribution in [-0.4, -0.2) is 62.6 Å². The first kappa shape index (κ1) is 25.1. The largest absolute Gasteiger partial charge is 0.507 e. The predicted octanol–water partition coefficient (Wildman–Crippen LogP) is 5.04. The van der Waals surface area contributed by atoms with Crippen molar-refractivity contribution in [1.82, 2.24) is 14.9 Å². The van der Waals surface area contributed by atoms with Gasteiger partial charge in [-0.3, -0.25) is 9.80 Å². The summed E-state index contributed by atoms with van der Waals surface area (Å²) in [6.07, 6.45) is -0.0842. The van der Waals surface area contributed by atoms with Crippen LogP contribution in [0.3, 0.4) is 0 Å². The molecule has 2 N–H and O–H groups in total.